The minimum atomic E-state index is -0.630. The molecule has 0 saturated heterocycles. The predicted molar refractivity (Wildman–Crippen MR) is 97.0 cm³/mol. The summed E-state index contributed by atoms with van der Waals surface area (Å²) < 4.78 is 1.08. The number of carbonyl (C=O) groups excluding carboxylic acids is 2. The van der Waals surface area contributed by atoms with E-state index in [9.17, 15) is 9.59 Å². The maximum atomic E-state index is 12.4. The van der Waals surface area contributed by atoms with Crippen LogP contribution in [-0.2, 0) is 9.59 Å². The van der Waals surface area contributed by atoms with E-state index < -0.39 is 11.8 Å². The van der Waals surface area contributed by atoms with Crippen LogP contribution in [0.5, 0.6) is 0 Å². The van der Waals surface area contributed by atoms with E-state index in [0.29, 0.717) is 17.9 Å². The fourth-order valence-corrected chi connectivity index (χ4v) is 2.76. The molecule has 2 rings (SSSR count). The van der Waals surface area contributed by atoms with Gasteiger partial charge in [-0.2, -0.15) is 0 Å². The molecule has 0 fully saturated rings. The first-order chi connectivity index (χ1) is 10.5. The fourth-order valence-electron chi connectivity index (χ4n) is 2.12. The summed E-state index contributed by atoms with van der Waals surface area (Å²) in [4.78, 5) is 26.0. The molecule has 0 aliphatic heterocycles. The average Bonchev–Trinajstić information content (AvgIpc) is 2.51. The monoisotopic (exact) mass is 408 g/mol. The van der Waals surface area contributed by atoms with Crippen molar-refractivity contribution in [2.45, 2.75) is 13.8 Å². The van der Waals surface area contributed by atoms with Crippen LogP contribution in [0.15, 0.2) is 48.5 Å². The van der Waals surface area contributed by atoms with Gasteiger partial charge in [-0.1, -0.05) is 18.2 Å². The smallest absolute Gasteiger partial charge is 0.316 e. The largest absolute Gasteiger partial charge is 0.318 e. The number of nitrogens with zero attached hydrogens (tertiary/aromatic N) is 1. The summed E-state index contributed by atoms with van der Waals surface area (Å²) in [7, 11) is 0. The van der Waals surface area contributed by atoms with Crippen LogP contribution < -0.4 is 10.2 Å². The Hall–Kier alpha value is -1.89. The van der Waals surface area contributed by atoms with E-state index in [-0.39, 0.29) is 0 Å². The highest BCUT2D eigenvalue weighted by Gasteiger charge is 2.22. The first kappa shape index (κ1) is 16.5. The van der Waals surface area contributed by atoms with Gasteiger partial charge in [0.2, 0.25) is 0 Å². The van der Waals surface area contributed by atoms with Gasteiger partial charge in [0, 0.05) is 21.5 Å². The number of aryl methyl sites for hydroxylation is 1. The molecule has 22 heavy (non-hydrogen) atoms. The highest BCUT2D eigenvalue weighted by atomic mass is 127. The maximum Gasteiger partial charge on any atom is 0.316 e. The van der Waals surface area contributed by atoms with Crippen molar-refractivity contribution in [2.24, 2.45) is 0 Å². The molecule has 0 unspecified atom stereocenters. The third kappa shape index (κ3) is 3.85. The Kier molecular flexibility index (Phi) is 5.54. The first-order valence-electron chi connectivity index (χ1n) is 6.97. The summed E-state index contributed by atoms with van der Waals surface area (Å²) >= 11 is 2.21. The molecule has 2 aromatic rings. The molecule has 4 nitrogen and oxygen atoms in total. The second-order valence-corrected chi connectivity index (χ2v) is 6.04. The van der Waals surface area contributed by atoms with Gasteiger partial charge in [0.1, 0.15) is 0 Å². The van der Waals surface area contributed by atoms with Crippen molar-refractivity contribution in [1.82, 2.24) is 0 Å². The van der Waals surface area contributed by atoms with Crippen molar-refractivity contribution >= 4 is 45.8 Å². The van der Waals surface area contributed by atoms with Crippen LogP contribution in [-0.4, -0.2) is 18.4 Å². The number of rotatable bonds is 3. The highest BCUT2D eigenvalue weighted by molar-refractivity contribution is 14.1. The van der Waals surface area contributed by atoms with E-state index >= 15 is 0 Å². The zero-order valence-corrected chi connectivity index (χ0v) is 14.6. The Balaban J connectivity index is 2.16. The predicted octanol–water partition coefficient (Wildman–Crippen LogP) is 3.59. The van der Waals surface area contributed by atoms with Gasteiger partial charge in [0.05, 0.1) is 0 Å². The summed E-state index contributed by atoms with van der Waals surface area (Å²) in [6, 6.07) is 14.8. The second-order valence-electron chi connectivity index (χ2n) is 4.80. The second kappa shape index (κ2) is 7.40. The number of carbonyl (C=O) groups is 2. The molecule has 0 bridgehead atoms. The van der Waals surface area contributed by atoms with Crippen LogP contribution in [0.4, 0.5) is 11.4 Å². The van der Waals surface area contributed by atoms with Gasteiger partial charge in [-0.25, -0.2) is 0 Å². The number of para-hydroxylation sites is 1. The first-order valence-corrected chi connectivity index (χ1v) is 8.05. The molecule has 0 heterocycles. The maximum absolute atomic E-state index is 12.4. The van der Waals surface area contributed by atoms with Crippen molar-refractivity contribution in [3.63, 3.8) is 0 Å². The van der Waals surface area contributed by atoms with E-state index in [2.05, 4.69) is 27.9 Å². The van der Waals surface area contributed by atoms with E-state index in [1.165, 1.54) is 4.90 Å². The summed E-state index contributed by atoms with van der Waals surface area (Å²) in [6.45, 7) is 4.17. The molecule has 114 valence electrons. The number of amides is 2. The molecule has 1 N–H and O–H groups in total. The van der Waals surface area contributed by atoms with Gasteiger partial charge in [0.15, 0.2) is 0 Å². The van der Waals surface area contributed by atoms with Crippen molar-refractivity contribution in [1.29, 1.82) is 0 Å². The number of hydrogen-bond acceptors (Lipinski definition) is 2. The van der Waals surface area contributed by atoms with E-state index in [1.807, 2.05) is 56.3 Å². The minimum Gasteiger partial charge on any atom is -0.318 e. The molecule has 5 heteroatoms. The van der Waals surface area contributed by atoms with E-state index in [0.717, 1.165) is 9.13 Å². The number of anilines is 2. The number of nitrogens with one attached hydrogen (secondary N) is 1. The molecular formula is C17H17IN2O2. The Morgan fingerprint density at radius 1 is 1.14 bits per heavy atom. The molecule has 0 aromatic heterocycles. The van der Waals surface area contributed by atoms with Crippen LogP contribution in [0.3, 0.4) is 0 Å². The lowest BCUT2D eigenvalue weighted by Gasteiger charge is -2.20. The zero-order chi connectivity index (χ0) is 16.1. The topological polar surface area (TPSA) is 49.4 Å². The third-order valence-corrected chi connectivity index (χ3v) is 3.93. The minimum absolute atomic E-state index is 0.432. The van der Waals surface area contributed by atoms with Crippen LogP contribution in [0.1, 0.15) is 12.5 Å². The van der Waals surface area contributed by atoms with Crippen molar-refractivity contribution in [3.05, 3.63) is 57.7 Å². The van der Waals surface area contributed by atoms with Crippen LogP contribution >= 0.6 is 22.6 Å². The summed E-state index contributed by atoms with van der Waals surface area (Å²) in [6.07, 6.45) is 0. The molecule has 0 saturated carbocycles. The SMILES string of the molecule is CCN(C(=O)C(=O)Nc1ccc(I)cc1C)c1ccccc1. The molecule has 0 aliphatic rings. The fraction of sp³-hybridized carbons (Fsp3) is 0.176. The van der Waals surface area contributed by atoms with Crippen LogP contribution in [0.25, 0.3) is 0 Å². The summed E-state index contributed by atoms with van der Waals surface area (Å²) in [5, 5.41) is 2.69. The Morgan fingerprint density at radius 2 is 1.82 bits per heavy atom. The quantitative estimate of drug-likeness (QED) is 0.624. The Labute approximate surface area is 143 Å². The number of halogens is 1. The van der Waals surface area contributed by atoms with Gasteiger partial charge in [0.25, 0.3) is 0 Å². The van der Waals surface area contributed by atoms with E-state index in [4.69, 9.17) is 0 Å². The Bertz CT molecular complexity index is 686. The van der Waals surface area contributed by atoms with Gasteiger partial charge in [-0.05, 0) is 72.3 Å². The zero-order valence-electron chi connectivity index (χ0n) is 12.5. The van der Waals surface area contributed by atoms with E-state index in [1.54, 1.807) is 6.07 Å². The molecule has 2 amide bonds. The van der Waals surface area contributed by atoms with Gasteiger partial charge >= 0.3 is 11.8 Å². The average molecular weight is 408 g/mol. The molecular weight excluding hydrogens is 391 g/mol. The van der Waals surface area contributed by atoms with Crippen molar-refractivity contribution < 1.29 is 9.59 Å². The standard InChI is InChI=1S/C17H17IN2O2/c1-3-20(14-7-5-4-6-8-14)17(22)16(21)19-15-10-9-13(18)11-12(15)2/h4-11H,3H2,1-2H3,(H,19,21). The van der Waals surface area contributed by atoms with Gasteiger partial charge in [-0.3, -0.25) is 9.59 Å². The lowest BCUT2D eigenvalue weighted by atomic mass is 10.2. The summed E-state index contributed by atoms with van der Waals surface area (Å²) in [5.41, 5.74) is 2.29. The molecule has 2 aromatic carbocycles. The van der Waals surface area contributed by atoms with Crippen molar-refractivity contribution in [2.75, 3.05) is 16.8 Å². The normalized spacial score (nSPS) is 10.1. The highest BCUT2D eigenvalue weighted by Crippen LogP contribution is 2.18. The number of benzene rings is 2. The molecule has 0 aliphatic carbocycles. The van der Waals surface area contributed by atoms with Gasteiger partial charge < -0.3 is 10.2 Å². The van der Waals surface area contributed by atoms with Crippen LogP contribution in [0, 0.1) is 10.5 Å². The molecule has 0 spiro atoms. The van der Waals surface area contributed by atoms with Gasteiger partial charge in [-0.15, -0.1) is 0 Å². The lowest BCUT2D eigenvalue weighted by Crippen LogP contribution is -2.39. The van der Waals surface area contributed by atoms with Crippen LogP contribution in [0.2, 0.25) is 0 Å². The third-order valence-electron chi connectivity index (χ3n) is 3.26. The molecule has 0 radical (unpaired) electrons. The number of likely N-dealkylation sites (N-methyl/N-ethyl adjacent to an activating group) is 1. The van der Waals surface area contributed by atoms with Crippen molar-refractivity contribution in [3.8, 4) is 0 Å². The molecule has 0 atom stereocenters. The Morgan fingerprint density at radius 3 is 2.41 bits per heavy atom. The number of hydrogen-bond donors (Lipinski definition) is 1. The lowest BCUT2D eigenvalue weighted by molar-refractivity contribution is -0.134. The summed E-state index contributed by atoms with van der Waals surface area (Å²) in [5.74, 6) is -1.19.